The van der Waals surface area contributed by atoms with Gasteiger partial charge in [-0.3, -0.25) is 0 Å². The monoisotopic (exact) mass is 162 g/mol. The first-order valence-corrected chi connectivity index (χ1v) is 4.47. The molecule has 2 nitrogen and oxygen atoms in total. The van der Waals surface area contributed by atoms with Crippen molar-refractivity contribution in [2.75, 3.05) is 13.1 Å². The van der Waals surface area contributed by atoms with Gasteiger partial charge in [0.15, 0.2) is 5.10 Å². The van der Waals surface area contributed by atoms with E-state index in [4.69, 9.17) is 0 Å². The van der Waals surface area contributed by atoms with Crippen molar-refractivity contribution in [3.8, 4) is 0 Å². The fourth-order valence-corrected chi connectivity index (χ4v) is 1.97. The van der Waals surface area contributed by atoms with Crippen molar-refractivity contribution in [1.29, 1.82) is 0 Å². The Hall–Kier alpha value is -1.05. The predicted octanol–water partition coefficient (Wildman–Crippen LogP) is 1.00. The molecular formula is C10H14N2+. The summed E-state index contributed by atoms with van der Waals surface area (Å²) in [6, 6.07) is 0. The van der Waals surface area contributed by atoms with E-state index in [2.05, 4.69) is 41.1 Å². The van der Waals surface area contributed by atoms with Gasteiger partial charge in [0.05, 0.1) is 13.1 Å². The van der Waals surface area contributed by atoms with E-state index in [0.717, 1.165) is 19.0 Å². The van der Waals surface area contributed by atoms with Crippen LogP contribution in [0.4, 0.5) is 0 Å². The molecule has 2 unspecified atom stereocenters. The van der Waals surface area contributed by atoms with Crippen LogP contribution in [0.25, 0.3) is 0 Å². The molecule has 2 rings (SSSR count). The van der Waals surface area contributed by atoms with Crippen molar-refractivity contribution in [3.05, 3.63) is 24.3 Å². The number of rotatable bonds is 1. The summed E-state index contributed by atoms with van der Waals surface area (Å²) in [6.07, 6.45) is 10.1. The van der Waals surface area contributed by atoms with Gasteiger partial charge in [0.1, 0.15) is 0 Å². The molecule has 0 bridgehead atoms. The van der Waals surface area contributed by atoms with Crippen LogP contribution in [0, 0.1) is 11.8 Å². The zero-order valence-corrected chi connectivity index (χ0v) is 7.19. The molecule has 1 heterocycles. The van der Waals surface area contributed by atoms with Crippen LogP contribution in [-0.4, -0.2) is 24.8 Å². The molecule has 1 aliphatic carbocycles. The van der Waals surface area contributed by atoms with E-state index in [1.165, 1.54) is 6.42 Å². The molecule has 0 saturated carbocycles. The average molecular weight is 162 g/mol. The summed E-state index contributed by atoms with van der Waals surface area (Å²) >= 11 is 0. The lowest BCUT2D eigenvalue weighted by molar-refractivity contribution is 0.147. The summed E-state index contributed by atoms with van der Waals surface area (Å²) < 4.78 is 0. The van der Waals surface area contributed by atoms with Crippen LogP contribution in [0.15, 0.2) is 24.3 Å². The van der Waals surface area contributed by atoms with Crippen LogP contribution in [-0.2, 0) is 0 Å². The van der Waals surface area contributed by atoms with E-state index in [1.54, 1.807) is 0 Å². The van der Waals surface area contributed by atoms with Crippen molar-refractivity contribution >= 4 is 6.72 Å². The normalized spacial score (nSPS) is 33.2. The van der Waals surface area contributed by atoms with Crippen molar-refractivity contribution in [1.82, 2.24) is 10.1 Å². The highest BCUT2D eigenvalue weighted by atomic mass is 15.4. The summed E-state index contributed by atoms with van der Waals surface area (Å²) in [6.45, 7) is 5.65. The first-order chi connectivity index (χ1) is 5.90. The van der Waals surface area contributed by atoms with Crippen LogP contribution >= 0.6 is 0 Å². The predicted molar refractivity (Wildman–Crippen MR) is 50.7 cm³/mol. The zero-order valence-electron chi connectivity index (χ0n) is 7.19. The number of piperidine rings is 1. The van der Waals surface area contributed by atoms with Gasteiger partial charge in [-0.15, -0.1) is 5.01 Å². The topological polar surface area (TPSA) is 17.3 Å². The summed E-state index contributed by atoms with van der Waals surface area (Å²) in [4.78, 5) is 0. The molecule has 0 spiro atoms. The highest BCUT2D eigenvalue weighted by Gasteiger charge is 2.29. The summed E-state index contributed by atoms with van der Waals surface area (Å²) in [5.74, 6) is 1.40. The summed E-state index contributed by atoms with van der Waals surface area (Å²) in [5, 5.41) is 6.02. The second-order valence-electron chi connectivity index (χ2n) is 3.44. The molecule has 0 aromatic carbocycles. The van der Waals surface area contributed by atoms with Crippen molar-refractivity contribution in [3.63, 3.8) is 0 Å². The molecule has 1 radical (unpaired) electrons. The van der Waals surface area contributed by atoms with E-state index in [1.807, 2.05) is 0 Å². The molecule has 0 aromatic heterocycles. The van der Waals surface area contributed by atoms with Gasteiger partial charge in [-0.1, -0.05) is 24.3 Å². The van der Waals surface area contributed by atoms with Gasteiger partial charge in [-0.25, -0.2) is 0 Å². The van der Waals surface area contributed by atoms with Crippen LogP contribution in [0.2, 0.25) is 0 Å². The van der Waals surface area contributed by atoms with Crippen LogP contribution in [0.1, 0.15) is 6.42 Å². The fourth-order valence-electron chi connectivity index (χ4n) is 1.97. The Balaban J connectivity index is 2.05. The quantitative estimate of drug-likeness (QED) is 0.526. The lowest BCUT2D eigenvalue weighted by Gasteiger charge is -2.30. The second kappa shape index (κ2) is 3.13. The molecule has 2 atom stereocenters. The standard InChI is InChI=1S/C10H14N2/c1-11-12-7-6-9-4-2-3-5-10(9)8-12/h2-5,9-10H,1,6-8H2/q+1. The number of hydrazone groups is 1. The Kier molecular flexibility index (Phi) is 1.98. The van der Waals surface area contributed by atoms with Crippen molar-refractivity contribution in [2.45, 2.75) is 6.42 Å². The van der Waals surface area contributed by atoms with Crippen LogP contribution in [0.5, 0.6) is 0 Å². The number of hydrogen-bond donors (Lipinski definition) is 0. The van der Waals surface area contributed by atoms with E-state index >= 15 is 0 Å². The Bertz CT molecular complexity index is 230. The number of fused-ring (bicyclic) bond motifs is 1. The Labute approximate surface area is 73.3 Å². The third kappa shape index (κ3) is 1.29. The Morgan fingerprint density at radius 1 is 1.25 bits per heavy atom. The largest absolute Gasteiger partial charge is 0.240 e. The molecule has 1 aliphatic heterocycles. The van der Waals surface area contributed by atoms with Gasteiger partial charge in [-0.05, 0) is 12.3 Å². The number of hydrogen-bond acceptors (Lipinski definition) is 2. The summed E-state index contributed by atoms with van der Waals surface area (Å²) in [5.41, 5.74) is 0. The van der Waals surface area contributed by atoms with Gasteiger partial charge in [-0.2, -0.15) is 0 Å². The molecule has 0 amide bonds. The smallest absolute Gasteiger partial charge is 0.122 e. The van der Waals surface area contributed by atoms with Gasteiger partial charge in [0.25, 0.3) is 0 Å². The van der Waals surface area contributed by atoms with Crippen LogP contribution in [0.3, 0.4) is 0 Å². The van der Waals surface area contributed by atoms with Crippen molar-refractivity contribution in [2.24, 2.45) is 11.8 Å². The lowest BCUT2D eigenvalue weighted by atomic mass is 9.83. The second-order valence-corrected chi connectivity index (χ2v) is 3.44. The molecule has 2 heteroatoms. The maximum atomic E-state index is 3.96. The third-order valence-electron chi connectivity index (χ3n) is 2.72. The minimum atomic E-state index is 0.661. The van der Waals surface area contributed by atoms with Gasteiger partial charge < -0.3 is 0 Å². The van der Waals surface area contributed by atoms with E-state index < -0.39 is 0 Å². The molecule has 2 aliphatic rings. The molecule has 63 valence electrons. The van der Waals surface area contributed by atoms with Gasteiger partial charge in [0.2, 0.25) is 6.72 Å². The zero-order chi connectivity index (χ0) is 8.39. The number of allylic oxidation sites excluding steroid dienone is 3. The van der Waals surface area contributed by atoms with E-state index in [0.29, 0.717) is 5.92 Å². The Morgan fingerprint density at radius 3 is 2.75 bits per heavy atom. The highest BCUT2D eigenvalue weighted by Crippen LogP contribution is 2.27. The average Bonchev–Trinajstić information content (AvgIpc) is 2.17. The minimum Gasteiger partial charge on any atom is -0.122 e. The van der Waals surface area contributed by atoms with E-state index in [-0.39, 0.29) is 0 Å². The lowest BCUT2D eigenvalue weighted by Crippen LogP contribution is -2.40. The molecule has 12 heavy (non-hydrogen) atoms. The summed E-state index contributed by atoms with van der Waals surface area (Å²) in [7, 11) is 0. The molecule has 1 fully saturated rings. The van der Waals surface area contributed by atoms with Gasteiger partial charge in [0, 0.05) is 5.92 Å². The maximum absolute atomic E-state index is 3.96. The molecule has 1 saturated heterocycles. The number of nitrogens with zero attached hydrogens (tertiary/aromatic N) is 2. The van der Waals surface area contributed by atoms with Crippen LogP contribution < -0.4 is 5.10 Å². The third-order valence-corrected chi connectivity index (χ3v) is 2.72. The SMILES string of the molecule is C=[N+]N1CCC2C=CC=CC2C1. The highest BCUT2D eigenvalue weighted by molar-refractivity contribution is 5.21. The first kappa shape index (κ1) is 7.59. The Morgan fingerprint density at radius 2 is 2.00 bits per heavy atom. The minimum absolute atomic E-state index is 0.661. The van der Waals surface area contributed by atoms with E-state index in [9.17, 15) is 0 Å². The molecular weight excluding hydrogens is 148 g/mol. The molecule has 0 N–H and O–H groups in total. The fraction of sp³-hybridized carbons (Fsp3) is 0.500. The first-order valence-electron chi connectivity index (χ1n) is 4.47. The molecule has 0 aromatic rings. The maximum Gasteiger partial charge on any atom is 0.240 e. The van der Waals surface area contributed by atoms with Gasteiger partial charge >= 0.3 is 0 Å². The van der Waals surface area contributed by atoms with Crippen molar-refractivity contribution < 1.29 is 0 Å².